The number of carbonyl (C=O) groups is 2. The van der Waals surface area contributed by atoms with Crippen molar-refractivity contribution in [1.82, 2.24) is 15.0 Å². The lowest BCUT2D eigenvalue weighted by Crippen LogP contribution is -2.50. The van der Waals surface area contributed by atoms with E-state index in [1.165, 1.54) is 0 Å². The van der Waals surface area contributed by atoms with Crippen molar-refractivity contribution < 1.29 is 14.3 Å². The predicted octanol–water partition coefficient (Wildman–Crippen LogP) is 4.19. The standard InChI is InChI=1S/C29H30N4O4/c1-29(2,3)37-27(35)24(18-20-12-6-4-7-13-20)31-28(36)32-33-25(19-21-14-8-5-9-15-21)30-23-17-11-10-16-22(23)26(33)34/h4-17,24H,18-19H2,1-3H3,(H2,31,32,36). The summed E-state index contributed by atoms with van der Waals surface area (Å²) in [6.45, 7) is 5.29. The molecule has 2 amide bonds. The Hall–Kier alpha value is -4.46. The Bertz CT molecular complexity index is 1440. The van der Waals surface area contributed by atoms with Crippen LogP contribution in [0.25, 0.3) is 10.9 Å². The molecular weight excluding hydrogens is 468 g/mol. The summed E-state index contributed by atoms with van der Waals surface area (Å²) in [7, 11) is 0. The van der Waals surface area contributed by atoms with E-state index in [0.717, 1.165) is 15.8 Å². The average molecular weight is 499 g/mol. The monoisotopic (exact) mass is 498 g/mol. The van der Waals surface area contributed by atoms with Crippen molar-refractivity contribution in [2.45, 2.75) is 45.3 Å². The van der Waals surface area contributed by atoms with Crippen LogP contribution < -0.4 is 16.3 Å². The van der Waals surface area contributed by atoms with E-state index in [9.17, 15) is 14.4 Å². The molecule has 1 aromatic heterocycles. The smallest absolute Gasteiger partial charge is 0.334 e. The van der Waals surface area contributed by atoms with Gasteiger partial charge in [-0.15, -0.1) is 0 Å². The third-order valence-corrected chi connectivity index (χ3v) is 5.54. The highest BCUT2D eigenvalue weighted by atomic mass is 16.6. The molecule has 0 spiro atoms. The number of aromatic nitrogens is 2. The Balaban J connectivity index is 1.63. The lowest BCUT2D eigenvalue weighted by molar-refractivity contribution is -0.157. The number of rotatable bonds is 7. The second-order valence-corrected chi connectivity index (χ2v) is 9.71. The summed E-state index contributed by atoms with van der Waals surface area (Å²) >= 11 is 0. The Morgan fingerprint density at radius 2 is 1.49 bits per heavy atom. The van der Waals surface area contributed by atoms with E-state index in [0.29, 0.717) is 23.1 Å². The zero-order valence-corrected chi connectivity index (χ0v) is 21.1. The van der Waals surface area contributed by atoms with Crippen LogP contribution in [0.3, 0.4) is 0 Å². The molecule has 1 atom stereocenters. The van der Waals surface area contributed by atoms with E-state index in [-0.39, 0.29) is 6.42 Å². The van der Waals surface area contributed by atoms with E-state index >= 15 is 0 Å². The molecule has 0 saturated carbocycles. The Kier molecular flexibility index (Phi) is 7.67. The third kappa shape index (κ3) is 6.82. The van der Waals surface area contributed by atoms with Crippen molar-refractivity contribution in [2.75, 3.05) is 5.43 Å². The first kappa shape index (κ1) is 25.6. The summed E-state index contributed by atoms with van der Waals surface area (Å²) in [5.74, 6) is -0.207. The topological polar surface area (TPSA) is 102 Å². The molecule has 190 valence electrons. The van der Waals surface area contributed by atoms with Crippen molar-refractivity contribution >= 4 is 22.9 Å². The first-order chi connectivity index (χ1) is 17.7. The van der Waals surface area contributed by atoms with Crippen LogP contribution in [0.15, 0.2) is 89.7 Å². The molecule has 0 radical (unpaired) electrons. The fraction of sp³-hybridized carbons (Fsp3) is 0.241. The number of carbonyl (C=O) groups excluding carboxylic acids is 2. The van der Waals surface area contributed by atoms with Gasteiger partial charge in [0.25, 0.3) is 5.56 Å². The second-order valence-electron chi connectivity index (χ2n) is 9.71. The van der Waals surface area contributed by atoms with Crippen molar-refractivity contribution in [3.05, 3.63) is 112 Å². The highest BCUT2D eigenvalue weighted by Crippen LogP contribution is 2.13. The maximum absolute atomic E-state index is 13.4. The summed E-state index contributed by atoms with van der Waals surface area (Å²) in [5.41, 5.74) is 3.78. The number of nitrogens with zero attached hydrogens (tertiary/aromatic N) is 2. The van der Waals surface area contributed by atoms with Gasteiger partial charge in [-0.2, -0.15) is 0 Å². The number of para-hydroxylation sites is 1. The Labute approximate surface area is 215 Å². The molecular formula is C29H30N4O4. The minimum atomic E-state index is -0.969. The van der Waals surface area contributed by atoms with Crippen molar-refractivity contribution in [3.8, 4) is 0 Å². The first-order valence-corrected chi connectivity index (χ1v) is 12.1. The zero-order chi connectivity index (χ0) is 26.4. The molecule has 2 N–H and O–H groups in total. The van der Waals surface area contributed by atoms with Crippen LogP contribution in [0.1, 0.15) is 37.7 Å². The van der Waals surface area contributed by atoms with Gasteiger partial charge in [-0.3, -0.25) is 4.79 Å². The predicted molar refractivity (Wildman–Crippen MR) is 143 cm³/mol. The molecule has 4 rings (SSSR count). The van der Waals surface area contributed by atoms with Crippen LogP contribution in [-0.2, 0) is 22.4 Å². The maximum atomic E-state index is 13.4. The zero-order valence-electron chi connectivity index (χ0n) is 21.1. The molecule has 4 aromatic rings. The number of amides is 2. The van der Waals surface area contributed by atoms with Gasteiger partial charge < -0.3 is 10.1 Å². The second kappa shape index (κ2) is 11.1. The van der Waals surface area contributed by atoms with E-state index in [4.69, 9.17) is 4.74 Å². The van der Waals surface area contributed by atoms with Crippen LogP contribution in [-0.4, -0.2) is 33.3 Å². The quantitative estimate of drug-likeness (QED) is 0.372. The number of esters is 1. The van der Waals surface area contributed by atoms with Gasteiger partial charge in [-0.05, 0) is 44.0 Å². The first-order valence-electron chi connectivity index (χ1n) is 12.1. The minimum Gasteiger partial charge on any atom is -0.458 e. The lowest BCUT2D eigenvalue weighted by Gasteiger charge is -2.25. The number of urea groups is 1. The van der Waals surface area contributed by atoms with Gasteiger partial charge in [-0.25, -0.2) is 24.7 Å². The summed E-state index contributed by atoms with van der Waals surface area (Å²) in [6, 6.07) is 24.1. The molecule has 1 unspecified atom stereocenters. The van der Waals surface area contributed by atoms with Crippen molar-refractivity contribution in [1.29, 1.82) is 0 Å². The third-order valence-electron chi connectivity index (χ3n) is 5.54. The van der Waals surface area contributed by atoms with Crippen molar-refractivity contribution in [3.63, 3.8) is 0 Å². The van der Waals surface area contributed by atoms with Crippen LogP contribution in [0, 0.1) is 0 Å². The normalized spacial score (nSPS) is 12.1. The van der Waals surface area contributed by atoms with Gasteiger partial charge in [0.05, 0.1) is 10.9 Å². The molecule has 0 saturated heterocycles. The van der Waals surface area contributed by atoms with E-state index in [2.05, 4.69) is 15.7 Å². The average Bonchev–Trinajstić information content (AvgIpc) is 2.86. The van der Waals surface area contributed by atoms with Gasteiger partial charge in [0.2, 0.25) is 0 Å². The van der Waals surface area contributed by atoms with E-state index < -0.39 is 29.2 Å². The number of ether oxygens (including phenoxy) is 1. The van der Waals surface area contributed by atoms with Crippen LogP contribution in [0.5, 0.6) is 0 Å². The van der Waals surface area contributed by atoms with Gasteiger partial charge in [-0.1, -0.05) is 72.8 Å². The van der Waals surface area contributed by atoms with Gasteiger partial charge in [0.15, 0.2) is 0 Å². The SMILES string of the molecule is CC(C)(C)OC(=O)C(Cc1ccccc1)NC(=O)Nn1c(Cc2ccccc2)nc2ccccc2c1=O. The van der Waals surface area contributed by atoms with Gasteiger partial charge in [0.1, 0.15) is 17.5 Å². The molecule has 37 heavy (non-hydrogen) atoms. The fourth-order valence-electron chi connectivity index (χ4n) is 3.90. The molecule has 8 nitrogen and oxygen atoms in total. The number of nitrogens with one attached hydrogen (secondary N) is 2. The molecule has 0 aliphatic heterocycles. The highest BCUT2D eigenvalue weighted by Gasteiger charge is 2.27. The highest BCUT2D eigenvalue weighted by molar-refractivity contribution is 5.88. The summed E-state index contributed by atoms with van der Waals surface area (Å²) < 4.78 is 6.68. The van der Waals surface area contributed by atoms with Crippen LogP contribution in [0.2, 0.25) is 0 Å². The molecule has 0 aliphatic rings. The van der Waals surface area contributed by atoms with Crippen molar-refractivity contribution in [2.24, 2.45) is 0 Å². The van der Waals surface area contributed by atoms with Gasteiger partial charge in [0, 0.05) is 12.8 Å². The fourth-order valence-corrected chi connectivity index (χ4v) is 3.90. The summed E-state index contributed by atoms with van der Waals surface area (Å²) in [6.07, 6.45) is 0.547. The van der Waals surface area contributed by atoms with E-state index in [1.807, 2.05) is 60.7 Å². The molecule has 3 aromatic carbocycles. The minimum absolute atomic E-state index is 0.227. The number of fused-ring (bicyclic) bond motifs is 1. The summed E-state index contributed by atoms with van der Waals surface area (Å²) in [4.78, 5) is 44.1. The largest absolute Gasteiger partial charge is 0.458 e. The molecule has 8 heteroatoms. The Morgan fingerprint density at radius 1 is 0.892 bits per heavy atom. The van der Waals surface area contributed by atoms with Gasteiger partial charge >= 0.3 is 12.0 Å². The molecule has 0 fully saturated rings. The lowest BCUT2D eigenvalue weighted by atomic mass is 10.1. The Morgan fingerprint density at radius 3 is 2.14 bits per heavy atom. The molecule has 0 bridgehead atoms. The van der Waals surface area contributed by atoms with Crippen LogP contribution >= 0.6 is 0 Å². The molecule has 1 heterocycles. The number of hydrogen-bond acceptors (Lipinski definition) is 5. The maximum Gasteiger partial charge on any atom is 0.334 e. The summed E-state index contributed by atoms with van der Waals surface area (Å²) in [5, 5.41) is 3.06. The molecule has 0 aliphatic carbocycles. The number of benzene rings is 3. The van der Waals surface area contributed by atoms with E-state index in [1.54, 1.807) is 45.0 Å². The van der Waals surface area contributed by atoms with Crippen LogP contribution in [0.4, 0.5) is 4.79 Å². The number of hydrogen-bond donors (Lipinski definition) is 2.